The number of hydrogen-bond acceptors (Lipinski definition) is 5. The van der Waals surface area contributed by atoms with Crippen LogP contribution in [0.1, 0.15) is 10.4 Å². The average Bonchev–Trinajstić information content (AvgIpc) is 2.41. The quantitative estimate of drug-likeness (QED) is 0.681. The van der Waals surface area contributed by atoms with Crippen molar-refractivity contribution in [3.63, 3.8) is 0 Å². The third-order valence-electron chi connectivity index (χ3n) is 2.34. The Balaban J connectivity index is 2.40. The minimum Gasteiger partial charge on any atom is -0.477 e. The predicted octanol–water partition coefficient (Wildman–Crippen LogP) is 2.62. The lowest BCUT2D eigenvalue weighted by Gasteiger charge is -2.06. The fourth-order valence-corrected chi connectivity index (χ4v) is 1.44. The molecule has 0 amide bonds. The van der Waals surface area contributed by atoms with Crippen LogP contribution in [0.2, 0.25) is 0 Å². The molecule has 0 unspecified atom stereocenters. The first-order chi connectivity index (χ1) is 9.49. The molecule has 0 aliphatic rings. The lowest BCUT2D eigenvalue weighted by molar-refractivity contribution is -0.385. The lowest BCUT2D eigenvalue weighted by Crippen LogP contribution is -2.04. The highest BCUT2D eigenvalue weighted by Crippen LogP contribution is 2.26. The second kappa shape index (κ2) is 5.31. The molecule has 0 spiro atoms. The van der Waals surface area contributed by atoms with Gasteiger partial charge in [0.15, 0.2) is 11.6 Å². The molecule has 0 saturated heterocycles. The fraction of sp³-hybridized carbons (Fsp3) is 0. The van der Waals surface area contributed by atoms with Crippen molar-refractivity contribution in [1.82, 2.24) is 4.98 Å². The summed E-state index contributed by atoms with van der Waals surface area (Å²) in [6, 6.07) is 6.31. The smallest absolute Gasteiger partial charge is 0.342 e. The molecule has 0 fully saturated rings. The third kappa shape index (κ3) is 2.69. The van der Waals surface area contributed by atoms with Gasteiger partial charge in [-0.25, -0.2) is 14.2 Å². The van der Waals surface area contributed by atoms with E-state index in [1.165, 1.54) is 18.2 Å². The van der Waals surface area contributed by atoms with Crippen molar-refractivity contribution in [2.24, 2.45) is 0 Å². The molecule has 102 valence electrons. The van der Waals surface area contributed by atoms with Crippen molar-refractivity contribution in [2.75, 3.05) is 0 Å². The van der Waals surface area contributed by atoms with E-state index in [-0.39, 0.29) is 11.6 Å². The maximum atomic E-state index is 13.4. The van der Waals surface area contributed by atoms with Gasteiger partial charge in [-0.15, -0.1) is 0 Å². The van der Waals surface area contributed by atoms with Crippen molar-refractivity contribution < 1.29 is 24.0 Å². The minimum absolute atomic E-state index is 0.162. The van der Waals surface area contributed by atoms with Crippen LogP contribution in [-0.4, -0.2) is 21.0 Å². The Kier molecular flexibility index (Phi) is 3.56. The summed E-state index contributed by atoms with van der Waals surface area (Å²) in [5.74, 6) is -2.58. The number of pyridine rings is 1. The van der Waals surface area contributed by atoms with E-state index < -0.39 is 28.0 Å². The van der Waals surface area contributed by atoms with Crippen molar-refractivity contribution in [1.29, 1.82) is 0 Å². The van der Waals surface area contributed by atoms with E-state index in [1.54, 1.807) is 0 Å². The van der Waals surface area contributed by atoms with E-state index in [0.29, 0.717) is 0 Å². The Labute approximate surface area is 111 Å². The van der Waals surface area contributed by atoms with Gasteiger partial charge in [0.2, 0.25) is 5.88 Å². The van der Waals surface area contributed by atoms with E-state index in [4.69, 9.17) is 9.84 Å². The predicted molar refractivity (Wildman–Crippen MR) is 64.3 cm³/mol. The number of nitro groups is 1. The zero-order valence-electron chi connectivity index (χ0n) is 9.82. The van der Waals surface area contributed by atoms with Crippen LogP contribution in [0, 0.1) is 15.9 Å². The molecule has 1 heterocycles. The molecule has 20 heavy (non-hydrogen) atoms. The minimum atomic E-state index is -1.50. The van der Waals surface area contributed by atoms with Crippen LogP contribution in [0.25, 0.3) is 0 Å². The molecule has 7 nitrogen and oxygen atoms in total. The van der Waals surface area contributed by atoms with Crippen LogP contribution in [0.5, 0.6) is 11.6 Å². The van der Waals surface area contributed by atoms with Crippen LogP contribution >= 0.6 is 0 Å². The van der Waals surface area contributed by atoms with Crippen LogP contribution in [-0.2, 0) is 0 Å². The van der Waals surface area contributed by atoms with Gasteiger partial charge < -0.3 is 9.84 Å². The summed E-state index contributed by atoms with van der Waals surface area (Å²) in [6.07, 6.45) is 0.750. The number of ether oxygens (including phenoxy) is 1. The first kappa shape index (κ1) is 13.4. The maximum absolute atomic E-state index is 13.4. The molecule has 0 aliphatic heterocycles. The number of aromatic nitrogens is 1. The van der Waals surface area contributed by atoms with Gasteiger partial charge >= 0.3 is 11.7 Å². The Bertz CT molecular complexity index is 689. The number of para-hydroxylation sites is 1. The monoisotopic (exact) mass is 278 g/mol. The van der Waals surface area contributed by atoms with Gasteiger partial charge in [-0.1, -0.05) is 12.1 Å². The SMILES string of the molecule is O=C(O)c1cc(Oc2ccccc2F)ncc1[N+](=O)[O-]. The number of aromatic carboxylic acids is 1. The molecular formula is C12H7FN2O5. The number of hydrogen-bond donors (Lipinski definition) is 1. The van der Waals surface area contributed by atoms with Gasteiger partial charge in [-0.3, -0.25) is 10.1 Å². The highest BCUT2D eigenvalue weighted by atomic mass is 19.1. The van der Waals surface area contributed by atoms with Gasteiger partial charge in [-0.05, 0) is 12.1 Å². The first-order valence-electron chi connectivity index (χ1n) is 5.29. The van der Waals surface area contributed by atoms with E-state index >= 15 is 0 Å². The zero-order chi connectivity index (χ0) is 14.7. The molecule has 2 aromatic rings. The number of halogens is 1. The second-order valence-electron chi connectivity index (χ2n) is 3.63. The maximum Gasteiger partial charge on any atom is 0.342 e. The summed E-state index contributed by atoms with van der Waals surface area (Å²) in [7, 11) is 0. The number of benzene rings is 1. The molecule has 1 aromatic heterocycles. The normalized spacial score (nSPS) is 10.1. The number of nitrogens with zero attached hydrogens (tertiary/aromatic N) is 2. The van der Waals surface area contributed by atoms with Crippen LogP contribution in [0.4, 0.5) is 10.1 Å². The van der Waals surface area contributed by atoms with Gasteiger partial charge in [0.1, 0.15) is 11.8 Å². The molecule has 0 bridgehead atoms. The summed E-state index contributed by atoms with van der Waals surface area (Å²) >= 11 is 0. The summed E-state index contributed by atoms with van der Waals surface area (Å²) in [5.41, 5.74) is -1.25. The van der Waals surface area contributed by atoms with E-state index in [9.17, 15) is 19.3 Å². The molecule has 8 heteroatoms. The Morgan fingerprint density at radius 2 is 2.10 bits per heavy atom. The molecule has 0 atom stereocenters. The largest absolute Gasteiger partial charge is 0.477 e. The van der Waals surface area contributed by atoms with Crippen LogP contribution < -0.4 is 4.74 Å². The molecule has 1 aromatic carbocycles. The fourth-order valence-electron chi connectivity index (χ4n) is 1.44. The number of carboxylic acids is 1. The summed E-state index contributed by atoms with van der Waals surface area (Å²) in [4.78, 5) is 24.3. The Morgan fingerprint density at radius 1 is 1.40 bits per heavy atom. The number of carbonyl (C=O) groups is 1. The molecular weight excluding hydrogens is 271 g/mol. The third-order valence-corrected chi connectivity index (χ3v) is 2.34. The number of rotatable bonds is 4. The summed E-state index contributed by atoms with van der Waals surface area (Å²) in [6.45, 7) is 0. The Morgan fingerprint density at radius 3 is 2.70 bits per heavy atom. The lowest BCUT2D eigenvalue weighted by atomic mass is 10.2. The molecule has 1 N–H and O–H groups in total. The Hall–Kier alpha value is -3.03. The van der Waals surface area contributed by atoms with Gasteiger partial charge in [0.05, 0.1) is 4.92 Å². The number of carboxylic acid groups (broad SMARTS) is 1. The van der Waals surface area contributed by atoms with E-state index in [0.717, 1.165) is 18.3 Å². The first-order valence-corrected chi connectivity index (χ1v) is 5.29. The van der Waals surface area contributed by atoms with Crippen molar-refractivity contribution in [3.05, 3.63) is 58.0 Å². The molecule has 0 saturated carbocycles. The highest BCUT2D eigenvalue weighted by Gasteiger charge is 2.22. The van der Waals surface area contributed by atoms with Crippen LogP contribution in [0.3, 0.4) is 0 Å². The van der Waals surface area contributed by atoms with Gasteiger partial charge in [0, 0.05) is 6.07 Å². The average molecular weight is 278 g/mol. The van der Waals surface area contributed by atoms with Gasteiger partial charge in [-0.2, -0.15) is 0 Å². The topological polar surface area (TPSA) is 103 Å². The van der Waals surface area contributed by atoms with Crippen LogP contribution in [0.15, 0.2) is 36.5 Å². The second-order valence-corrected chi connectivity index (χ2v) is 3.63. The van der Waals surface area contributed by atoms with Crippen molar-refractivity contribution in [2.45, 2.75) is 0 Å². The van der Waals surface area contributed by atoms with Gasteiger partial charge in [0.25, 0.3) is 0 Å². The summed E-state index contributed by atoms with van der Waals surface area (Å²) in [5, 5.41) is 19.5. The van der Waals surface area contributed by atoms with Crippen molar-refractivity contribution >= 4 is 11.7 Å². The highest BCUT2D eigenvalue weighted by molar-refractivity contribution is 5.92. The van der Waals surface area contributed by atoms with Crippen molar-refractivity contribution in [3.8, 4) is 11.6 Å². The molecule has 0 radical (unpaired) electrons. The zero-order valence-corrected chi connectivity index (χ0v) is 9.82. The summed E-state index contributed by atoms with van der Waals surface area (Å²) < 4.78 is 18.4. The van der Waals surface area contributed by atoms with E-state index in [1.807, 2.05) is 0 Å². The van der Waals surface area contributed by atoms with E-state index in [2.05, 4.69) is 4.98 Å². The molecule has 0 aliphatic carbocycles. The standard InChI is InChI=1S/C12H7FN2O5/c13-8-3-1-2-4-10(8)20-11-5-7(12(16)17)9(6-14-11)15(18)19/h1-6H,(H,16,17). The molecule has 2 rings (SSSR count).